The Morgan fingerprint density at radius 1 is 1.45 bits per heavy atom. The first-order valence-electron chi connectivity index (χ1n) is 5.41. The third-order valence-electron chi connectivity index (χ3n) is 2.23. The molecule has 0 aliphatic heterocycles. The van der Waals surface area contributed by atoms with Crippen molar-refractivity contribution < 1.29 is 24.2 Å². The number of carbonyl (C=O) groups is 2. The van der Waals surface area contributed by atoms with Crippen LogP contribution < -0.4 is 10.6 Å². The van der Waals surface area contributed by atoms with Crippen molar-refractivity contribution in [2.24, 2.45) is 0 Å². The van der Waals surface area contributed by atoms with Gasteiger partial charge in [-0.3, -0.25) is 0 Å². The molecule has 0 radical (unpaired) electrons. The molecule has 4 N–H and O–H groups in total. The zero-order valence-electron chi connectivity index (χ0n) is 9.99. The van der Waals surface area contributed by atoms with Gasteiger partial charge in [-0.25, -0.2) is 14.0 Å². The van der Waals surface area contributed by atoms with E-state index in [4.69, 9.17) is 21.8 Å². The van der Waals surface area contributed by atoms with Gasteiger partial charge in [-0.15, -0.1) is 0 Å². The number of hydrogen-bond donors (Lipinski definition) is 4. The van der Waals surface area contributed by atoms with E-state index in [1.54, 1.807) is 0 Å². The van der Waals surface area contributed by atoms with Crippen molar-refractivity contribution in [3.05, 3.63) is 27.4 Å². The second-order valence-electron chi connectivity index (χ2n) is 3.77. The van der Waals surface area contributed by atoms with Crippen LogP contribution in [0.3, 0.4) is 0 Å². The summed E-state index contributed by atoms with van der Waals surface area (Å²) in [6.45, 7) is -0.0459. The van der Waals surface area contributed by atoms with Gasteiger partial charge < -0.3 is 20.8 Å². The molecule has 1 rings (SSSR count). The SMILES string of the molecule is O=C(NCC[C@H](O)C(=O)O)Nc1c(Cl)cc(F)cc1Br. The maximum absolute atomic E-state index is 13.0. The third-order valence-corrected chi connectivity index (χ3v) is 3.16. The molecule has 0 saturated carbocycles. The molecule has 1 aromatic rings. The summed E-state index contributed by atoms with van der Waals surface area (Å²) in [6.07, 6.45) is -1.68. The summed E-state index contributed by atoms with van der Waals surface area (Å²) in [6, 6.07) is 1.52. The summed E-state index contributed by atoms with van der Waals surface area (Å²) in [7, 11) is 0. The number of urea groups is 1. The Morgan fingerprint density at radius 3 is 2.65 bits per heavy atom. The molecule has 110 valence electrons. The number of aliphatic hydroxyl groups is 1. The molecule has 0 bridgehead atoms. The average Bonchev–Trinajstić information content (AvgIpc) is 2.33. The maximum atomic E-state index is 13.0. The number of amides is 2. The van der Waals surface area contributed by atoms with Gasteiger partial charge in [-0.05, 0) is 28.1 Å². The molecule has 0 saturated heterocycles. The minimum absolute atomic E-state index is 0.0117. The smallest absolute Gasteiger partial charge is 0.332 e. The van der Waals surface area contributed by atoms with Gasteiger partial charge in [0.2, 0.25) is 0 Å². The molecule has 0 heterocycles. The van der Waals surface area contributed by atoms with E-state index in [1.165, 1.54) is 0 Å². The number of carboxylic acids is 1. The van der Waals surface area contributed by atoms with Crippen molar-refractivity contribution in [2.45, 2.75) is 12.5 Å². The predicted octanol–water partition coefficient (Wildman–Crippen LogP) is 2.20. The van der Waals surface area contributed by atoms with Crippen LogP contribution in [0.25, 0.3) is 0 Å². The summed E-state index contributed by atoms with van der Waals surface area (Å²) in [5.41, 5.74) is 0.185. The zero-order valence-corrected chi connectivity index (χ0v) is 12.3. The quantitative estimate of drug-likeness (QED) is 0.639. The van der Waals surface area contributed by atoms with Crippen LogP contribution in [0.2, 0.25) is 5.02 Å². The van der Waals surface area contributed by atoms with Gasteiger partial charge in [-0.1, -0.05) is 11.6 Å². The molecule has 6 nitrogen and oxygen atoms in total. The van der Waals surface area contributed by atoms with Gasteiger partial charge in [0.1, 0.15) is 5.82 Å². The lowest BCUT2D eigenvalue weighted by molar-refractivity contribution is -0.146. The van der Waals surface area contributed by atoms with Crippen LogP contribution in [-0.2, 0) is 4.79 Å². The molecule has 2 amide bonds. The van der Waals surface area contributed by atoms with E-state index < -0.39 is 23.9 Å². The lowest BCUT2D eigenvalue weighted by Gasteiger charge is -2.11. The van der Waals surface area contributed by atoms with E-state index in [0.29, 0.717) is 0 Å². The fraction of sp³-hybridized carbons (Fsp3) is 0.273. The van der Waals surface area contributed by atoms with Crippen LogP contribution in [0, 0.1) is 5.82 Å². The number of nitrogens with one attached hydrogen (secondary N) is 2. The van der Waals surface area contributed by atoms with Crippen molar-refractivity contribution in [3.8, 4) is 0 Å². The standard InChI is InChI=1S/C11H11BrClFN2O4/c12-6-3-5(14)4-7(13)9(6)16-11(20)15-2-1-8(17)10(18)19/h3-4,8,17H,1-2H2,(H,18,19)(H2,15,16,20)/t8-/m0/s1. The van der Waals surface area contributed by atoms with Crippen molar-refractivity contribution in [1.82, 2.24) is 5.32 Å². The van der Waals surface area contributed by atoms with Gasteiger partial charge in [0, 0.05) is 17.4 Å². The van der Waals surface area contributed by atoms with Crippen LogP contribution in [0.4, 0.5) is 14.9 Å². The van der Waals surface area contributed by atoms with Crippen LogP contribution in [0.1, 0.15) is 6.42 Å². The van der Waals surface area contributed by atoms with Crippen LogP contribution >= 0.6 is 27.5 Å². The minimum Gasteiger partial charge on any atom is -0.479 e. The molecule has 20 heavy (non-hydrogen) atoms. The second-order valence-corrected chi connectivity index (χ2v) is 5.03. The highest BCUT2D eigenvalue weighted by Gasteiger charge is 2.14. The molecule has 0 aromatic heterocycles. The lowest BCUT2D eigenvalue weighted by Crippen LogP contribution is -2.33. The summed E-state index contributed by atoms with van der Waals surface area (Å²) < 4.78 is 13.3. The summed E-state index contributed by atoms with van der Waals surface area (Å²) >= 11 is 8.83. The monoisotopic (exact) mass is 368 g/mol. The highest BCUT2D eigenvalue weighted by atomic mass is 79.9. The van der Waals surface area contributed by atoms with Crippen LogP contribution in [0.15, 0.2) is 16.6 Å². The maximum Gasteiger partial charge on any atom is 0.332 e. The van der Waals surface area contributed by atoms with Crippen molar-refractivity contribution in [1.29, 1.82) is 0 Å². The molecule has 9 heteroatoms. The van der Waals surface area contributed by atoms with E-state index >= 15 is 0 Å². The number of rotatable bonds is 5. The number of carboxylic acid groups (broad SMARTS) is 1. The predicted molar refractivity (Wildman–Crippen MR) is 74.4 cm³/mol. The molecule has 0 fully saturated rings. The summed E-state index contributed by atoms with van der Waals surface area (Å²) in [5.74, 6) is -1.92. The fourth-order valence-corrected chi connectivity index (χ4v) is 2.16. The first-order chi connectivity index (χ1) is 9.31. The molecule has 0 aliphatic rings. The van der Waals surface area contributed by atoms with Gasteiger partial charge in [-0.2, -0.15) is 0 Å². The first kappa shape index (κ1) is 16.7. The van der Waals surface area contributed by atoms with Crippen molar-refractivity contribution in [3.63, 3.8) is 0 Å². The summed E-state index contributed by atoms with van der Waals surface area (Å²) in [5, 5.41) is 22.2. The Bertz CT molecular complexity index is 506. The fourth-order valence-electron chi connectivity index (χ4n) is 1.27. The van der Waals surface area contributed by atoms with E-state index in [9.17, 15) is 14.0 Å². The van der Waals surface area contributed by atoms with Crippen molar-refractivity contribution >= 4 is 45.2 Å². The minimum atomic E-state index is -1.54. The van der Waals surface area contributed by atoms with E-state index in [-0.39, 0.29) is 28.1 Å². The molecular formula is C11H11BrClFN2O4. The third kappa shape index (κ3) is 4.95. The van der Waals surface area contributed by atoms with Crippen LogP contribution in [0.5, 0.6) is 0 Å². The van der Waals surface area contributed by atoms with Crippen LogP contribution in [-0.4, -0.2) is 34.9 Å². The molecule has 0 aliphatic carbocycles. The number of hydrogen-bond acceptors (Lipinski definition) is 3. The molecule has 0 spiro atoms. The normalized spacial score (nSPS) is 11.8. The van der Waals surface area contributed by atoms with Gasteiger partial charge in [0.05, 0.1) is 10.7 Å². The zero-order chi connectivity index (χ0) is 15.3. The molecular weight excluding hydrogens is 358 g/mol. The Labute approximate surface area is 127 Å². The molecule has 0 unspecified atom stereocenters. The Hall–Kier alpha value is -1.38. The van der Waals surface area contributed by atoms with Gasteiger partial charge in [0.25, 0.3) is 0 Å². The number of halogens is 3. The summed E-state index contributed by atoms with van der Waals surface area (Å²) in [4.78, 5) is 21.9. The molecule has 1 aromatic carbocycles. The van der Waals surface area contributed by atoms with Crippen molar-refractivity contribution in [2.75, 3.05) is 11.9 Å². The number of benzene rings is 1. The number of anilines is 1. The van der Waals surface area contributed by atoms with E-state index in [2.05, 4.69) is 26.6 Å². The topological polar surface area (TPSA) is 98.7 Å². The van der Waals surface area contributed by atoms with Gasteiger partial charge in [0.15, 0.2) is 6.10 Å². The Balaban J connectivity index is 2.53. The lowest BCUT2D eigenvalue weighted by atomic mass is 10.2. The average molecular weight is 370 g/mol. The van der Waals surface area contributed by atoms with E-state index in [0.717, 1.165) is 12.1 Å². The second kappa shape index (κ2) is 7.41. The molecule has 1 atom stereocenters. The highest BCUT2D eigenvalue weighted by Crippen LogP contribution is 2.31. The number of aliphatic carboxylic acids is 1. The Morgan fingerprint density at radius 2 is 2.10 bits per heavy atom. The number of carbonyl (C=O) groups excluding carboxylic acids is 1. The number of aliphatic hydroxyl groups excluding tert-OH is 1. The van der Waals surface area contributed by atoms with E-state index in [1.807, 2.05) is 0 Å². The first-order valence-corrected chi connectivity index (χ1v) is 6.58. The largest absolute Gasteiger partial charge is 0.479 e. The van der Waals surface area contributed by atoms with Gasteiger partial charge >= 0.3 is 12.0 Å². The Kier molecular flexibility index (Phi) is 6.18. The highest BCUT2D eigenvalue weighted by molar-refractivity contribution is 9.10.